The van der Waals surface area contributed by atoms with Gasteiger partial charge in [0.15, 0.2) is 0 Å². The first-order valence-corrected chi connectivity index (χ1v) is 11.7. The third-order valence-corrected chi connectivity index (χ3v) is 9.80. The summed E-state index contributed by atoms with van der Waals surface area (Å²) < 4.78 is 14.2. The Hall–Kier alpha value is -2.07. The van der Waals surface area contributed by atoms with Gasteiger partial charge in [0.2, 0.25) is 0 Å². The van der Waals surface area contributed by atoms with Crippen LogP contribution in [-0.2, 0) is 35.1 Å². The number of rotatable bonds is 1. The van der Waals surface area contributed by atoms with Gasteiger partial charge in [-0.2, -0.15) is 0 Å². The van der Waals surface area contributed by atoms with Crippen molar-refractivity contribution in [2.75, 3.05) is 0 Å². The Morgan fingerprint density at radius 1 is 0.846 bits per heavy atom. The average molecular weight is 356 g/mol. The van der Waals surface area contributed by atoms with E-state index in [0.29, 0.717) is 12.3 Å². The fraction of sp³-hybridized carbons (Fsp3) is 0.292. The van der Waals surface area contributed by atoms with E-state index in [4.69, 9.17) is 0 Å². The van der Waals surface area contributed by atoms with Gasteiger partial charge in [0.1, 0.15) is 7.14 Å². The average Bonchev–Trinajstić information content (AvgIpc) is 3.36. The standard InChI is InChI=1S/C24H21OP/c25-26(21-9-1-2-10-21)15-19-7-3-5-17-11-13-24(22(17)19)14-12-18-6-4-8-20(16-26)23(18)24/h1-9H,11-16H2. The smallest absolute Gasteiger partial charge is 0.131 e. The number of hydrogen-bond acceptors (Lipinski definition) is 1. The summed E-state index contributed by atoms with van der Waals surface area (Å²) in [5.41, 5.74) is 12.2. The Bertz CT molecular complexity index is 1040. The Kier molecular flexibility index (Phi) is 2.90. The molecule has 128 valence electrons. The highest BCUT2D eigenvalue weighted by Crippen LogP contribution is 2.65. The fourth-order valence-electron chi connectivity index (χ4n) is 6.01. The van der Waals surface area contributed by atoms with Gasteiger partial charge in [-0.1, -0.05) is 42.5 Å². The molecule has 1 spiro atoms. The van der Waals surface area contributed by atoms with Crippen molar-refractivity contribution in [3.05, 3.63) is 99.1 Å². The van der Waals surface area contributed by atoms with E-state index in [1.807, 2.05) is 18.2 Å². The Morgan fingerprint density at radius 2 is 1.42 bits per heavy atom. The van der Waals surface area contributed by atoms with Crippen LogP contribution in [0.5, 0.6) is 0 Å². The molecule has 0 amide bonds. The molecule has 0 fully saturated rings. The van der Waals surface area contributed by atoms with E-state index in [9.17, 15) is 4.57 Å². The molecule has 1 nitrogen and oxygen atoms in total. The quantitative estimate of drug-likeness (QED) is 0.463. The van der Waals surface area contributed by atoms with Crippen LogP contribution in [0.4, 0.5) is 0 Å². The zero-order valence-corrected chi connectivity index (χ0v) is 15.7. The maximum atomic E-state index is 14.2. The second kappa shape index (κ2) is 5.01. The first-order chi connectivity index (χ1) is 12.7. The van der Waals surface area contributed by atoms with Gasteiger partial charge >= 0.3 is 0 Å². The Morgan fingerprint density at radius 3 is 1.96 bits per heavy atom. The zero-order valence-electron chi connectivity index (χ0n) is 14.8. The number of allylic oxidation sites excluding steroid dienone is 3. The molecule has 0 N–H and O–H groups in total. The molecule has 2 aromatic rings. The summed E-state index contributed by atoms with van der Waals surface area (Å²) in [7, 11) is -2.55. The summed E-state index contributed by atoms with van der Waals surface area (Å²) >= 11 is 0. The molecule has 0 saturated heterocycles. The number of benzene rings is 2. The SMILES string of the molecule is O=P1(C2=C=CC=C2)Cc2cccc3c2C2(CC3)CCc3cccc(c32)C1. The van der Waals surface area contributed by atoms with Crippen LogP contribution in [0, 0.1) is 0 Å². The molecule has 0 saturated carbocycles. The van der Waals surface area contributed by atoms with E-state index in [2.05, 4.69) is 42.1 Å². The van der Waals surface area contributed by atoms with Gasteiger partial charge in [0.25, 0.3) is 0 Å². The highest BCUT2D eigenvalue weighted by atomic mass is 31.2. The minimum absolute atomic E-state index is 0.179. The van der Waals surface area contributed by atoms with Crippen molar-refractivity contribution in [2.45, 2.75) is 43.4 Å². The molecule has 4 aliphatic rings. The van der Waals surface area contributed by atoms with Gasteiger partial charge in [-0.3, -0.25) is 0 Å². The topological polar surface area (TPSA) is 17.1 Å². The Labute approximate surface area is 154 Å². The van der Waals surface area contributed by atoms with Gasteiger partial charge in [0, 0.05) is 17.7 Å². The van der Waals surface area contributed by atoms with Crippen LogP contribution in [-0.4, -0.2) is 0 Å². The maximum Gasteiger partial charge on any atom is 0.131 e. The molecule has 3 aliphatic carbocycles. The molecule has 2 aromatic carbocycles. The molecular formula is C24H21OP. The molecule has 6 rings (SSSR count). The van der Waals surface area contributed by atoms with Gasteiger partial charge in [-0.25, -0.2) is 0 Å². The minimum atomic E-state index is -2.55. The van der Waals surface area contributed by atoms with Crippen molar-refractivity contribution in [2.24, 2.45) is 0 Å². The number of hydrogen-bond donors (Lipinski definition) is 0. The largest absolute Gasteiger partial charge is 0.317 e. The van der Waals surface area contributed by atoms with Gasteiger partial charge < -0.3 is 4.57 Å². The molecule has 0 atom stereocenters. The predicted octanol–water partition coefficient (Wildman–Crippen LogP) is 5.85. The van der Waals surface area contributed by atoms with Crippen molar-refractivity contribution in [1.82, 2.24) is 0 Å². The first-order valence-electron chi connectivity index (χ1n) is 9.64. The predicted molar refractivity (Wildman–Crippen MR) is 106 cm³/mol. The Balaban J connectivity index is 1.70. The molecule has 0 aromatic heterocycles. The van der Waals surface area contributed by atoms with Crippen molar-refractivity contribution >= 4 is 7.14 Å². The van der Waals surface area contributed by atoms with E-state index in [0.717, 1.165) is 18.2 Å². The summed E-state index contributed by atoms with van der Waals surface area (Å²) in [6.45, 7) is 0. The van der Waals surface area contributed by atoms with Crippen LogP contribution in [0.15, 0.2) is 65.7 Å². The summed E-state index contributed by atoms with van der Waals surface area (Å²) in [4.78, 5) is 0. The van der Waals surface area contributed by atoms with E-state index in [1.54, 1.807) is 0 Å². The van der Waals surface area contributed by atoms with Crippen molar-refractivity contribution in [1.29, 1.82) is 0 Å². The highest BCUT2D eigenvalue weighted by molar-refractivity contribution is 7.66. The normalized spacial score (nSPS) is 22.5. The van der Waals surface area contributed by atoms with Crippen LogP contribution in [0.25, 0.3) is 0 Å². The molecule has 26 heavy (non-hydrogen) atoms. The molecule has 0 unspecified atom stereocenters. The minimum Gasteiger partial charge on any atom is -0.317 e. The monoisotopic (exact) mass is 356 g/mol. The highest BCUT2D eigenvalue weighted by Gasteiger charge is 2.49. The van der Waals surface area contributed by atoms with E-state index >= 15 is 0 Å². The van der Waals surface area contributed by atoms with E-state index < -0.39 is 7.14 Å². The van der Waals surface area contributed by atoms with Crippen LogP contribution < -0.4 is 0 Å². The van der Waals surface area contributed by atoms with Gasteiger partial charge in [-0.05, 0) is 71.2 Å². The fourth-order valence-corrected chi connectivity index (χ4v) is 8.76. The molecule has 0 bridgehead atoms. The molecule has 2 heteroatoms. The second-order valence-electron chi connectivity index (χ2n) is 8.25. The van der Waals surface area contributed by atoms with Gasteiger partial charge in [0.05, 0.1) is 5.31 Å². The lowest BCUT2D eigenvalue weighted by Crippen LogP contribution is -2.26. The van der Waals surface area contributed by atoms with Crippen LogP contribution >= 0.6 is 7.14 Å². The zero-order chi connectivity index (χ0) is 17.4. The lowest BCUT2D eigenvalue weighted by atomic mass is 9.73. The third kappa shape index (κ3) is 1.81. The lowest BCUT2D eigenvalue weighted by molar-refractivity contribution is 0.500. The number of aryl methyl sites for hydroxylation is 2. The summed E-state index contributed by atoms with van der Waals surface area (Å²) in [6.07, 6.45) is 12.0. The van der Waals surface area contributed by atoms with Crippen LogP contribution in [0.2, 0.25) is 0 Å². The van der Waals surface area contributed by atoms with Gasteiger partial charge in [-0.15, -0.1) is 5.73 Å². The van der Waals surface area contributed by atoms with Crippen LogP contribution in [0.1, 0.15) is 46.2 Å². The van der Waals surface area contributed by atoms with Crippen molar-refractivity contribution in [3.8, 4) is 0 Å². The molecule has 0 radical (unpaired) electrons. The summed E-state index contributed by atoms with van der Waals surface area (Å²) in [5, 5.41) is 0.927. The third-order valence-electron chi connectivity index (χ3n) is 6.95. The molecule has 1 heterocycles. The summed E-state index contributed by atoms with van der Waals surface area (Å²) in [5.74, 6) is 0. The summed E-state index contributed by atoms with van der Waals surface area (Å²) in [6, 6.07) is 13.4. The lowest BCUT2D eigenvalue weighted by Gasteiger charge is -2.35. The van der Waals surface area contributed by atoms with Crippen molar-refractivity contribution in [3.63, 3.8) is 0 Å². The van der Waals surface area contributed by atoms with E-state index in [-0.39, 0.29) is 5.41 Å². The molecular weight excluding hydrogens is 335 g/mol. The van der Waals surface area contributed by atoms with Crippen molar-refractivity contribution < 1.29 is 4.57 Å². The molecule has 1 aliphatic heterocycles. The first kappa shape index (κ1) is 15.0. The van der Waals surface area contributed by atoms with E-state index in [1.165, 1.54) is 46.2 Å². The second-order valence-corrected chi connectivity index (χ2v) is 11.1. The van der Waals surface area contributed by atoms with Crippen LogP contribution in [0.3, 0.4) is 0 Å². The maximum absolute atomic E-state index is 14.2.